The first-order valence-corrected chi connectivity index (χ1v) is 7.65. The number of ether oxygens (including phenoxy) is 3. The molecule has 1 aliphatic heterocycles. The number of carbonyl (C=O) groups is 3. The van der Waals surface area contributed by atoms with Gasteiger partial charge < -0.3 is 19.5 Å². The van der Waals surface area contributed by atoms with Crippen LogP contribution in [0.4, 0.5) is 4.79 Å². The number of rotatable bonds is 6. The highest BCUT2D eigenvalue weighted by Gasteiger charge is 2.31. The molecule has 0 saturated carbocycles. The van der Waals surface area contributed by atoms with Gasteiger partial charge in [-0.3, -0.25) is 9.69 Å². The molecule has 1 saturated heterocycles. The van der Waals surface area contributed by atoms with Crippen LogP contribution in [0.25, 0.3) is 6.08 Å². The van der Waals surface area contributed by atoms with Gasteiger partial charge in [0.05, 0.1) is 14.2 Å². The molecule has 25 heavy (non-hydrogen) atoms. The Labute approximate surface area is 145 Å². The largest absolute Gasteiger partial charge is 0.497 e. The van der Waals surface area contributed by atoms with E-state index in [-0.39, 0.29) is 6.54 Å². The summed E-state index contributed by atoms with van der Waals surface area (Å²) < 4.78 is 15.3. The van der Waals surface area contributed by atoms with Gasteiger partial charge in [-0.05, 0) is 30.7 Å². The molecule has 3 amide bonds. The fourth-order valence-corrected chi connectivity index (χ4v) is 2.26. The first kappa shape index (κ1) is 18.3. The number of hydrogen-bond donors (Lipinski definition) is 1. The van der Waals surface area contributed by atoms with E-state index in [1.807, 2.05) is 0 Å². The smallest absolute Gasteiger partial charge is 0.331 e. The van der Waals surface area contributed by atoms with Crippen molar-refractivity contribution >= 4 is 24.0 Å². The third-order valence-corrected chi connectivity index (χ3v) is 3.55. The van der Waals surface area contributed by atoms with E-state index in [0.29, 0.717) is 23.6 Å². The normalized spacial score (nSPS) is 15.0. The van der Waals surface area contributed by atoms with Gasteiger partial charge in [0.2, 0.25) is 0 Å². The first-order valence-electron chi connectivity index (χ1n) is 7.65. The van der Waals surface area contributed by atoms with Crippen molar-refractivity contribution in [3.8, 4) is 11.5 Å². The highest BCUT2D eigenvalue weighted by atomic mass is 16.5. The fraction of sp³-hybridized carbons (Fsp3) is 0.353. The number of imide groups is 1. The molecule has 0 aliphatic carbocycles. The zero-order chi connectivity index (χ0) is 18.4. The molecule has 0 aromatic heterocycles. The van der Waals surface area contributed by atoms with Gasteiger partial charge in [0, 0.05) is 25.2 Å². The summed E-state index contributed by atoms with van der Waals surface area (Å²) in [7, 11) is 3.05. The third kappa shape index (κ3) is 4.72. The summed E-state index contributed by atoms with van der Waals surface area (Å²) in [6, 6.07) is 4.66. The molecule has 0 spiro atoms. The Balaban J connectivity index is 1.98. The maximum Gasteiger partial charge on any atom is 0.331 e. The minimum atomic E-state index is -1.05. The number of nitrogens with zero attached hydrogens (tertiary/aromatic N) is 1. The molecule has 1 aromatic carbocycles. The summed E-state index contributed by atoms with van der Waals surface area (Å²) in [6.45, 7) is 2.08. The van der Waals surface area contributed by atoms with E-state index in [2.05, 4.69) is 5.32 Å². The molecule has 2 rings (SSSR count). The number of urea groups is 1. The van der Waals surface area contributed by atoms with Crippen LogP contribution < -0.4 is 14.8 Å². The standard InChI is InChI=1S/C17H20N2O6/c1-11(16(21)19-7-6-18-17(19)22)25-15(20)5-4-12-8-13(23-2)10-14(9-12)24-3/h4-5,8-11H,6-7H2,1-3H3,(H,18,22)/b5-4+/t11-/m0/s1. The van der Waals surface area contributed by atoms with E-state index in [1.165, 1.54) is 33.3 Å². The summed E-state index contributed by atoms with van der Waals surface area (Å²) in [6.07, 6.45) is 1.66. The van der Waals surface area contributed by atoms with Gasteiger partial charge in [-0.15, -0.1) is 0 Å². The van der Waals surface area contributed by atoms with Crippen molar-refractivity contribution in [2.24, 2.45) is 0 Å². The molecule has 134 valence electrons. The number of methoxy groups -OCH3 is 2. The Hall–Kier alpha value is -3.03. The predicted molar refractivity (Wildman–Crippen MR) is 89.2 cm³/mol. The number of benzene rings is 1. The minimum Gasteiger partial charge on any atom is -0.497 e. The van der Waals surface area contributed by atoms with Crippen molar-refractivity contribution in [2.75, 3.05) is 27.3 Å². The van der Waals surface area contributed by atoms with Crippen LogP contribution in [0.3, 0.4) is 0 Å². The van der Waals surface area contributed by atoms with Crippen LogP contribution in [0.2, 0.25) is 0 Å². The molecular weight excluding hydrogens is 328 g/mol. The average molecular weight is 348 g/mol. The van der Waals surface area contributed by atoms with Gasteiger partial charge in [0.1, 0.15) is 11.5 Å². The molecule has 1 fully saturated rings. The van der Waals surface area contributed by atoms with E-state index in [4.69, 9.17) is 14.2 Å². The monoisotopic (exact) mass is 348 g/mol. The van der Waals surface area contributed by atoms with Crippen LogP contribution in [0, 0.1) is 0 Å². The van der Waals surface area contributed by atoms with Gasteiger partial charge in [-0.1, -0.05) is 0 Å². The number of amides is 3. The van der Waals surface area contributed by atoms with E-state index in [9.17, 15) is 14.4 Å². The molecule has 0 unspecified atom stereocenters. The maximum atomic E-state index is 12.1. The van der Waals surface area contributed by atoms with Gasteiger partial charge in [-0.25, -0.2) is 9.59 Å². The Morgan fingerprint density at radius 2 is 1.84 bits per heavy atom. The molecule has 0 radical (unpaired) electrons. The summed E-state index contributed by atoms with van der Waals surface area (Å²) in [5.74, 6) is -0.0889. The van der Waals surface area contributed by atoms with E-state index in [1.54, 1.807) is 18.2 Å². The number of hydrogen-bond acceptors (Lipinski definition) is 6. The molecule has 1 atom stereocenters. The predicted octanol–water partition coefficient (Wildman–Crippen LogP) is 1.20. The van der Waals surface area contributed by atoms with Crippen molar-refractivity contribution < 1.29 is 28.6 Å². The summed E-state index contributed by atoms with van der Waals surface area (Å²) >= 11 is 0. The maximum absolute atomic E-state index is 12.1. The van der Waals surface area contributed by atoms with Crippen LogP contribution >= 0.6 is 0 Å². The van der Waals surface area contributed by atoms with Crippen molar-refractivity contribution in [1.29, 1.82) is 0 Å². The molecule has 8 heteroatoms. The molecule has 1 N–H and O–H groups in total. The topological polar surface area (TPSA) is 94.2 Å². The number of nitrogens with one attached hydrogen (secondary N) is 1. The molecule has 1 aliphatic rings. The lowest BCUT2D eigenvalue weighted by molar-refractivity contribution is -0.153. The van der Waals surface area contributed by atoms with Gasteiger partial charge in [0.15, 0.2) is 6.10 Å². The lowest BCUT2D eigenvalue weighted by Crippen LogP contribution is -2.41. The van der Waals surface area contributed by atoms with Crippen molar-refractivity contribution in [1.82, 2.24) is 10.2 Å². The summed E-state index contributed by atoms with van der Waals surface area (Å²) in [4.78, 5) is 36.4. The Bertz CT molecular complexity index is 678. The van der Waals surface area contributed by atoms with Crippen LogP contribution in [-0.4, -0.2) is 56.2 Å². The van der Waals surface area contributed by atoms with Crippen LogP contribution in [0.5, 0.6) is 11.5 Å². The lowest BCUT2D eigenvalue weighted by atomic mass is 10.2. The second kappa shape index (κ2) is 8.18. The highest BCUT2D eigenvalue weighted by molar-refractivity contribution is 5.99. The second-order valence-corrected chi connectivity index (χ2v) is 5.28. The zero-order valence-corrected chi connectivity index (χ0v) is 14.3. The van der Waals surface area contributed by atoms with E-state index < -0.39 is 24.0 Å². The molecule has 1 heterocycles. The molecule has 0 bridgehead atoms. The third-order valence-electron chi connectivity index (χ3n) is 3.55. The summed E-state index contributed by atoms with van der Waals surface area (Å²) in [5, 5.41) is 2.51. The molecule has 8 nitrogen and oxygen atoms in total. The Kier molecular flexibility index (Phi) is 5.99. The first-order chi connectivity index (χ1) is 11.9. The Morgan fingerprint density at radius 3 is 2.36 bits per heavy atom. The van der Waals surface area contributed by atoms with Crippen LogP contribution in [-0.2, 0) is 14.3 Å². The quantitative estimate of drug-likeness (QED) is 0.613. The highest BCUT2D eigenvalue weighted by Crippen LogP contribution is 2.23. The number of carbonyl (C=O) groups excluding carboxylic acids is 3. The molecule has 1 aromatic rings. The Morgan fingerprint density at radius 1 is 1.20 bits per heavy atom. The van der Waals surface area contributed by atoms with Gasteiger partial charge in [0.25, 0.3) is 5.91 Å². The van der Waals surface area contributed by atoms with Crippen LogP contribution in [0.15, 0.2) is 24.3 Å². The fourth-order valence-electron chi connectivity index (χ4n) is 2.26. The molecular formula is C17H20N2O6. The number of esters is 1. The zero-order valence-electron chi connectivity index (χ0n) is 14.3. The van der Waals surface area contributed by atoms with Crippen molar-refractivity contribution in [3.05, 3.63) is 29.8 Å². The van der Waals surface area contributed by atoms with Crippen molar-refractivity contribution in [2.45, 2.75) is 13.0 Å². The van der Waals surface area contributed by atoms with Crippen molar-refractivity contribution in [3.63, 3.8) is 0 Å². The minimum absolute atomic E-state index is 0.263. The van der Waals surface area contributed by atoms with Gasteiger partial charge >= 0.3 is 12.0 Å². The average Bonchev–Trinajstić information content (AvgIpc) is 3.04. The van der Waals surface area contributed by atoms with E-state index >= 15 is 0 Å². The van der Waals surface area contributed by atoms with Gasteiger partial charge in [-0.2, -0.15) is 0 Å². The summed E-state index contributed by atoms with van der Waals surface area (Å²) in [5.41, 5.74) is 0.672. The van der Waals surface area contributed by atoms with E-state index in [0.717, 1.165) is 4.90 Å². The lowest BCUT2D eigenvalue weighted by Gasteiger charge is -2.17. The second-order valence-electron chi connectivity index (χ2n) is 5.28. The van der Waals surface area contributed by atoms with Crippen LogP contribution in [0.1, 0.15) is 12.5 Å². The SMILES string of the molecule is COc1cc(/C=C/C(=O)O[C@@H](C)C(=O)N2CCNC2=O)cc(OC)c1.